The molecule has 0 saturated heterocycles. The molecular formula is C15H22ClNO. The molecule has 1 aliphatic carbocycles. The van der Waals surface area contributed by atoms with Crippen LogP contribution in [0.25, 0.3) is 0 Å². The van der Waals surface area contributed by atoms with Crippen LogP contribution >= 0.6 is 11.6 Å². The van der Waals surface area contributed by atoms with E-state index in [0.29, 0.717) is 17.7 Å². The molecule has 2 atom stereocenters. The molecule has 1 saturated carbocycles. The van der Waals surface area contributed by atoms with E-state index in [4.69, 9.17) is 16.3 Å². The zero-order chi connectivity index (χ0) is 13.0. The number of hydrogen-bond acceptors (Lipinski definition) is 2. The van der Waals surface area contributed by atoms with Crippen molar-refractivity contribution in [2.45, 2.75) is 45.6 Å². The Morgan fingerprint density at radius 3 is 2.78 bits per heavy atom. The lowest BCUT2D eigenvalue weighted by Crippen LogP contribution is -2.15. The average Bonchev–Trinajstić information content (AvgIpc) is 2.80. The summed E-state index contributed by atoms with van der Waals surface area (Å²) >= 11 is 6.18. The fourth-order valence-electron chi connectivity index (χ4n) is 2.68. The Morgan fingerprint density at radius 1 is 1.33 bits per heavy atom. The fourth-order valence-corrected chi connectivity index (χ4v) is 2.91. The molecule has 0 heterocycles. The van der Waals surface area contributed by atoms with Crippen molar-refractivity contribution in [3.05, 3.63) is 23.2 Å². The van der Waals surface area contributed by atoms with Gasteiger partial charge in [-0.3, -0.25) is 0 Å². The number of anilines is 1. The summed E-state index contributed by atoms with van der Waals surface area (Å²) in [5.74, 6) is 1.66. The molecule has 3 heteroatoms. The summed E-state index contributed by atoms with van der Waals surface area (Å²) < 4.78 is 5.44. The van der Waals surface area contributed by atoms with Gasteiger partial charge in [0.05, 0.1) is 11.6 Å². The topological polar surface area (TPSA) is 21.3 Å². The molecule has 0 aromatic heterocycles. The van der Waals surface area contributed by atoms with Gasteiger partial charge in [0, 0.05) is 11.7 Å². The van der Waals surface area contributed by atoms with Crippen molar-refractivity contribution in [1.82, 2.24) is 0 Å². The quantitative estimate of drug-likeness (QED) is 0.833. The normalized spacial score (nSPS) is 23.1. The molecule has 1 aliphatic rings. The lowest BCUT2D eigenvalue weighted by Gasteiger charge is -2.15. The zero-order valence-corrected chi connectivity index (χ0v) is 12.0. The van der Waals surface area contributed by atoms with Crippen molar-refractivity contribution >= 4 is 17.3 Å². The SMILES string of the molecule is CCOc1ccc(NC2CCC(CC)C2)cc1Cl. The maximum absolute atomic E-state index is 6.18. The highest BCUT2D eigenvalue weighted by Crippen LogP contribution is 2.32. The monoisotopic (exact) mass is 267 g/mol. The second kappa shape index (κ2) is 6.33. The minimum Gasteiger partial charge on any atom is -0.492 e. The highest BCUT2D eigenvalue weighted by Gasteiger charge is 2.23. The van der Waals surface area contributed by atoms with Crippen LogP contribution in [-0.4, -0.2) is 12.6 Å². The molecule has 2 rings (SSSR count). The predicted molar refractivity (Wildman–Crippen MR) is 77.7 cm³/mol. The minimum absolute atomic E-state index is 0.601. The smallest absolute Gasteiger partial charge is 0.138 e. The summed E-state index contributed by atoms with van der Waals surface area (Å²) in [6.45, 7) is 4.89. The number of benzene rings is 1. The molecule has 1 aromatic carbocycles. The Labute approximate surface area is 115 Å². The van der Waals surface area contributed by atoms with Crippen molar-refractivity contribution in [2.24, 2.45) is 5.92 Å². The van der Waals surface area contributed by atoms with Crippen LogP contribution < -0.4 is 10.1 Å². The van der Waals surface area contributed by atoms with E-state index in [1.807, 2.05) is 19.1 Å². The van der Waals surface area contributed by atoms with Crippen molar-refractivity contribution in [3.63, 3.8) is 0 Å². The minimum atomic E-state index is 0.601. The van der Waals surface area contributed by atoms with Gasteiger partial charge < -0.3 is 10.1 Å². The number of rotatable bonds is 5. The van der Waals surface area contributed by atoms with E-state index in [-0.39, 0.29) is 0 Å². The third kappa shape index (κ3) is 3.32. The molecule has 0 radical (unpaired) electrons. The van der Waals surface area contributed by atoms with Crippen LogP contribution in [0.15, 0.2) is 18.2 Å². The molecule has 2 nitrogen and oxygen atoms in total. The fraction of sp³-hybridized carbons (Fsp3) is 0.600. The van der Waals surface area contributed by atoms with E-state index in [9.17, 15) is 0 Å². The number of ether oxygens (including phenoxy) is 1. The van der Waals surface area contributed by atoms with E-state index in [0.717, 1.165) is 17.4 Å². The largest absolute Gasteiger partial charge is 0.492 e. The Kier molecular flexibility index (Phi) is 4.76. The Bertz CT molecular complexity index is 394. The summed E-state index contributed by atoms with van der Waals surface area (Å²) in [5.41, 5.74) is 1.10. The third-order valence-electron chi connectivity index (χ3n) is 3.72. The molecule has 1 aromatic rings. The van der Waals surface area contributed by atoms with Gasteiger partial charge >= 0.3 is 0 Å². The van der Waals surface area contributed by atoms with Gasteiger partial charge in [0.1, 0.15) is 5.75 Å². The summed E-state index contributed by atoms with van der Waals surface area (Å²) in [4.78, 5) is 0. The van der Waals surface area contributed by atoms with Crippen molar-refractivity contribution in [3.8, 4) is 5.75 Å². The third-order valence-corrected chi connectivity index (χ3v) is 4.02. The first kappa shape index (κ1) is 13.5. The van der Waals surface area contributed by atoms with Crippen LogP contribution in [-0.2, 0) is 0 Å². The first-order valence-corrected chi connectivity index (χ1v) is 7.29. The maximum Gasteiger partial charge on any atom is 0.138 e. The highest BCUT2D eigenvalue weighted by atomic mass is 35.5. The molecule has 0 bridgehead atoms. The van der Waals surface area contributed by atoms with E-state index in [1.165, 1.54) is 25.7 Å². The number of nitrogens with one attached hydrogen (secondary N) is 1. The van der Waals surface area contributed by atoms with Crippen molar-refractivity contribution in [2.75, 3.05) is 11.9 Å². The lowest BCUT2D eigenvalue weighted by molar-refractivity contribution is 0.340. The first-order valence-electron chi connectivity index (χ1n) is 6.91. The Hall–Kier alpha value is -0.890. The van der Waals surface area contributed by atoms with E-state index in [2.05, 4.69) is 18.3 Å². The molecule has 0 aliphatic heterocycles. The van der Waals surface area contributed by atoms with Gasteiger partial charge in [0.25, 0.3) is 0 Å². The lowest BCUT2D eigenvalue weighted by atomic mass is 10.1. The van der Waals surface area contributed by atoms with Crippen LogP contribution in [0.5, 0.6) is 5.75 Å². The molecule has 1 N–H and O–H groups in total. The standard InChI is InChI=1S/C15H22ClNO/c1-3-11-5-6-12(9-11)17-13-7-8-15(18-4-2)14(16)10-13/h7-8,10-12,17H,3-6,9H2,1-2H3. The molecule has 2 unspecified atom stereocenters. The Balaban J connectivity index is 1.96. The van der Waals surface area contributed by atoms with E-state index in [1.54, 1.807) is 0 Å². The van der Waals surface area contributed by atoms with Gasteiger partial charge in [0.2, 0.25) is 0 Å². The summed E-state index contributed by atoms with van der Waals surface area (Å²) in [7, 11) is 0. The Morgan fingerprint density at radius 2 is 2.17 bits per heavy atom. The van der Waals surface area contributed by atoms with E-state index < -0.39 is 0 Å². The molecule has 100 valence electrons. The van der Waals surface area contributed by atoms with Gasteiger partial charge in [-0.05, 0) is 50.3 Å². The maximum atomic E-state index is 6.18. The van der Waals surface area contributed by atoms with Gasteiger partial charge in [0.15, 0.2) is 0 Å². The first-order chi connectivity index (χ1) is 8.72. The summed E-state index contributed by atoms with van der Waals surface area (Å²) in [6, 6.07) is 6.56. The second-order valence-electron chi connectivity index (χ2n) is 5.01. The van der Waals surface area contributed by atoms with Crippen molar-refractivity contribution in [1.29, 1.82) is 0 Å². The van der Waals surface area contributed by atoms with Gasteiger partial charge in [-0.15, -0.1) is 0 Å². The predicted octanol–water partition coefficient (Wildman–Crippen LogP) is 4.73. The molecule has 0 spiro atoms. The second-order valence-corrected chi connectivity index (χ2v) is 5.41. The van der Waals surface area contributed by atoms with Crippen LogP contribution in [0.2, 0.25) is 5.02 Å². The van der Waals surface area contributed by atoms with Gasteiger partial charge in [-0.1, -0.05) is 24.9 Å². The molecule has 0 amide bonds. The van der Waals surface area contributed by atoms with Crippen LogP contribution in [0.3, 0.4) is 0 Å². The number of hydrogen-bond donors (Lipinski definition) is 1. The summed E-state index contributed by atoms with van der Waals surface area (Å²) in [5, 5.41) is 4.26. The average molecular weight is 268 g/mol. The van der Waals surface area contributed by atoms with Crippen molar-refractivity contribution < 1.29 is 4.74 Å². The van der Waals surface area contributed by atoms with E-state index >= 15 is 0 Å². The molecule has 18 heavy (non-hydrogen) atoms. The molecular weight excluding hydrogens is 246 g/mol. The van der Waals surface area contributed by atoms with Crippen LogP contribution in [0, 0.1) is 5.92 Å². The van der Waals surface area contributed by atoms with Crippen LogP contribution in [0.1, 0.15) is 39.5 Å². The van der Waals surface area contributed by atoms with Gasteiger partial charge in [-0.2, -0.15) is 0 Å². The zero-order valence-electron chi connectivity index (χ0n) is 11.2. The van der Waals surface area contributed by atoms with Gasteiger partial charge in [-0.25, -0.2) is 0 Å². The van der Waals surface area contributed by atoms with Crippen LogP contribution in [0.4, 0.5) is 5.69 Å². The number of halogens is 1. The highest BCUT2D eigenvalue weighted by molar-refractivity contribution is 6.32. The summed E-state index contributed by atoms with van der Waals surface area (Å²) in [6.07, 6.45) is 5.19. The molecule has 1 fully saturated rings.